The molecule has 0 spiro atoms. The van der Waals surface area contributed by atoms with Crippen LogP contribution in [-0.4, -0.2) is 34.7 Å². The second-order valence-corrected chi connectivity index (χ2v) is 7.70. The third-order valence-electron chi connectivity index (χ3n) is 5.76. The van der Waals surface area contributed by atoms with Crippen LogP contribution in [0.15, 0.2) is 66.7 Å². The third kappa shape index (κ3) is 3.99. The average Bonchev–Trinajstić information content (AvgIpc) is 3.36. The largest absolute Gasteiger partial charge is 0.301 e. The lowest BCUT2D eigenvalue weighted by Crippen LogP contribution is -2.25. The molecule has 1 aromatic heterocycles. The number of rotatable bonds is 6. The van der Waals surface area contributed by atoms with E-state index in [1.807, 2.05) is 24.3 Å². The lowest BCUT2D eigenvalue weighted by Gasteiger charge is -2.21. The van der Waals surface area contributed by atoms with Gasteiger partial charge in [-0.05, 0) is 23.1 Å². The number of aromatic nitrogens is 2. The Morgan fingerprint density at radius 2 is 1.64 bits per heavy atom. The molecule has 3 atom stereocenters. The highest BCUT2D eigenvalue weighted by Crippen LogP contribution is 2.40. The summed E-state index contributed by atoms with van der Waals surface area (Å²) in [4.78, 5) is 2.45. The van der Waals surface area contributed by atoms with E-state index in [0.717, 1.165) is 25.3 Å². The Kier molecular flexibility index (Phi) is 5.53. The number of hydrogen-bond acceptors (Lipinski definition) is 2. The number of H-pyrrole nitrogens is 1. The van der Waals surface area contributed by atoms with Crippen molar-refractivity contribution in [3.05, 3.63) is 89.2 Å². The number of halogens is 2. The zero-order valence-electron chi connectivity index (χ0n) is 15.9. The molecule has 0 bridgehead atoms. The molecule has 3 nitrogen and oxygen atoms in total. The molecule has 1 aliphatic rings. The predicted octanol–water partition coefficient (Wildman–Crippen LogP) is 5.33. The summed E-state index contributed by atoms with van der Waals surface area (Å²) in [5.74, 6) is 0.801. The van der Waals surface area contributed by atoms with E-state index in [1.165, 1.54) is 17.2 Å². The molecular weight excluding hydrogens is 356 g/mol. The van der Waals surface area contributed by atoms with E-state index in [1.54, 1.807) is 0 Å². The Balaban J connectivity index is 1.56. The fraction of sp³-hybridized carbons (Fsp3) is 0.348. The maximum atomic E-state index is 13.0. The lowest BCUT2D eigenvalue weighted by atomic mass is 9.87. The van der Waals surface area contributed by atoms with Crippen LogP contribution < -0.4 is 0 Å². The zero-order valence-corrected chi connectivity index (χ0v) is 15.9. The highest BCUT2D eigenvalue weighted by molar-refractivity contribution is 5.29. The van der Waals surface area contributed by atoms with E-state index in [0.29, 0.717) is 5.92 Å². The molecule has 1 aliphatic heterocycles. The van der Waals surface area contributed by atoms with Crippen LogP contribution in [-0.2, 0) is 0 Å². The van der Waals surface area contributed by atoms with Crippen LogP contribution in [0.2, 0.25) is 0 Å². The van der Waals surface area contributed by atoms with Gasteiger partial charge in [-0.25, -0.2) is 8.78 Å². The Labute approximate surface area is 164 Å². The SMILES string of the molecule is C[C@@H](CN1C[C@@H](c2ccccc2)[C@H](c2cc(C(F)F)n[nH]2)C1)c1ccccc1. The minimum Gasteiger partial charge on any atom is -0.301 e. The molecule has 1 fully saturated rings. The van der Waals surface area contributed by atoms with E-state index in [-0.39, 0.29) is 17.5 Å². The first-order valence-electron chi connectivity index (χ1n) is 9.77. The van der Waals surface area contributed by atoms with Gasteiger partial charge in [0.25, 0.3) is 6.43 Å². The summed E-state index contributed by atoms with van der Waals surface area (Å²) >= 11 is 0. The van der Waals surface area contributed by atoms with Crippen molar-refractivity contribution in [2.45, 2.75) is 31.1 Å². The normalized spacial score (nSPS) is 21.3. The quantitative estimate of drug-likeness (QED) is 0.625. The number of hydrogen-bond donors (Lipinski definition) is 1. The number of alkyl halides is 2. The Hall–Kier alpha value is -2.53. The van der Waals surface area contributed by atoms with Crippen molar-refractivity contribution in [3.8, 4) is 0 Å². The molecular formula is C23H25F2N3. The molecule has 0 saturated carbocycles. The van der Waals surface area contributed by atoms with Gasteiger partial charge in [0.2, 0.25) is 0 Å². The van der Waals surface area contributed by atoms with Crippen molar-refractivity contribution in [1.82, 2.24) is 15.1 Å². The first-order valence-corrected chi connectivity index (χ1v) is 9.77. The van der Waals surface area contributed by atoms with E-state index in [2.05, 4.69) is 58.4 Å². The first-order chi connectivity index (χ1) is 13.6. The van der Waals surface area contributed by atoms with E-state index in [9.17, 15) is 8.78 Å². The number of nitrogens with zero attached hydrogens (tertiary/aromatic N) is 2. The number of likely N-dealkylation sites (tertiary alicyclic amines) is 1. The average molecular weight is 381 g/mol. The number of benzene rings is 2. The van der Waals surface area contributed by atoms with E-state index in [4.69, 9.17) is 0 Å². The van der Waals surface area contributed by atoms with Crippen LogP contribution in [0.3, 0.4) is 0 Å². The van der Waals surface area contributed by atoms with Crippen LogP contribution in [0.5, 0.6) is 0 Å². The minimum absolute atomic E-state index is 0.130. The van der Waals surface area contributed by atoms with Crippen LogP contribution in [0, 0.1) is 0 Å². The molecule has 3 aromatic rings. The third-order valence-corrected chi connectivity index (χ3v) is 5.76. The van der Waals surface area contributed by atoms with E-state index < -0.39 is 6.43 Å². The maximum absolute atomic E-state index is 13.0. The molecule has 1 saturated heterocycles. The molecule has 2 heterocycles. The summed E-state index contributed by atoms with van der Waals surface area (Å²) in [6.07, 6.45) is -2.55. The minimum atomic E-state index is -2.55. The predicted molar refractivity (Wildman–Crippen MR) is 107 cm³/mol. The summed E-state index contributed by atoms with van der Waals surface area (Å²) in [7, 11) is 0. The Morgan fingerprint density at radius 1 is 1.00 bits per heavy atom. The first kappa shape index (κ1) is 18.8. The van der Waals surface area contributed by atoms with Crippen LogP contribution in [0.25, 0.3) is 0 Å². The molecule has 2 aromatic carbocycles. The van der Waals surface area contributed by atoms with Gasteiger partial charge in [-0.15, -0.1) is 0 Å². The van der Waals surface area contributed by atoms with Gasteiger partial charge in [0.1, 0.15) is 5.69 Å². The standard InChI is InChI=1S/C23H25F2N3/c1-16(17-8-4-2-5-9-17)13-28-14-19(18-10-6-3-7-11-18)20(15-28)21-12-22(23(24)25)27-26-21/h2-12,16,19-20,23H,13-15H2,1H3,(H,26,27)/t16-,19-,20+/m0/s1. The van der Waals surface area contributed by atoms with Gasteiger partial charge in [0.15, 0.2) is 0 Å². The molecule has 0 aliphatic carbocycles. The fourth-order valence-corrected chi connectivity index (χ4v) is 4.32. The Bertz CT molecular complexity index is 879. The number of nitrogens with one attached hydrogen (secondary N) is 1. The summed E-state index contributed by atoms with van der Waals surface area (Å²) in [6, 6.07) is 22.4. The van der Waals surface area contributed by atoms with Gasteiger partial charge in [-0.2, -0.15) is 5.10 Å². The van der Waals surface area contributed by atoms with Gasteiger partial charge < -0.3 is 4.90 Å². The number of aromatic amines is 1. The smallest absolute Gasteiger partial charge is 0.282 e. The van der Waals surface area contributed by atoms with Gasteiger partial charge in [0.05, 0.1) is 0 Å². The maximum Gasteiger partial charge on any atom is 0.282 e. The van der Waals surface area contributed by atoms with Crippen molar-refractivity contribution in [2.24, 2.45) is 0 Å². The van der Waals surface area contributed by atoms with Crippen molar-refractivity contribution in [2.75, 3.05) is 19.6 Å². The molecule has 146 valence electrons. The molecule has 0 amide bonds. The molecule has 5 heteroatoms. The van der Waals surface area contributed by atoms with Gasteiger partial charge >= 0.3 is 0 Å². The topological polar surface area (TPSA) is 31.9 Å². The highest BCUT2D eigenvalue weighted by Gasteiger charge is 2.36. The van der Waals surface area contributed by atoms with Crippen molar-refractivity contribution in [3.63, 3.8) is 0 Å². The van der Waals surface area contributed by atoms with Crippen molar-refractivity contribution in [1.29, 1.82) is 0 Å². The fourth-order valence-electron chi connectivity index (χ4n) is 4.32. The van der Waals surface area contributed by atoms with Gasteiger partial charge in [-0.1, -0.05) is 67.6 Å². The molecule has 28 heavy (non-hydrogen) atoms. The van der Waals surface area contributed by atoms with Crippen LogP contribution in [0.1, 0.15) is 53.6 Å². The lowest BCUT2D eigenvalue weighted by molar-refractivity contribution is 0.146. The summed E-state index contributed by atoms with van der Waals surface area (Å²) in [6.45, 7) is 4.93. The molecule has 0 radical (unpaired) electrons. The molecule has 4 rings (SSSR count). The van der Waals surface area contributed by atoms with Gasteiger partial charge in [-0.3, -0.25) is 5.10 Å². The summed E-state index contributed by atoms with van der Waals surface area (Å²) in [5.41, 5.74) is 3.20. The van der Waals surface area contributed by atoms with Crippen LogP contribution in [0.4, 0.5) is 8.78 Å². The second-order valence-electron chi connectivity index (χ2n) is 7.70. The monoisotopic (exact) mass is 381 g/mol. The van der Waals surface area contributed by atoms with E-state index >= 15 is 0 Å². The van der Waals surface area contributed by atoms with Crippen LogP contribution >= 0.6 is 0 Å². The highest BCUT2D eigenvalue weighted by atomic mass is 19.3. The summed E-state index contributed by atoms with van der Waals surface area (Å²) in [5, 5.41) is 6.71. The van der Waals surface area contributed by atoms with Crippen molar-refractivity contribution >= 4 is 0 Å². The molecule has 1 N–H and O–H groups in total. The van der Waals surface area contributed by atoms with Gasteiger partial charge in [0, 0.05) is 37.2 Å². The second kappa shape index (κ2) is 8.23. The van der Waals surface area contributed by atoms with Crippen molar-refractivity contribution < 1.29 is 8.78 Å². The summed E-state index contributed by atoms with van der Waals surface area (Å²) < 4.78 is 26.1. The Morgan fingerprint density at radius 3 is 2.29 bits per heavy atom. The zero-order chi connectivity index (χ0) is 19.5. The molecule has 0 unspecified atom stereocenters.